The van der Waals surface area contributed by atoms with Crippen LogP contribution in [0.2, 0.25) is 0 Å². The molecule has 228 valence electrons. The normalized spacial score (nSPS) is 12.6. The molecule has 10 rings (SSSR count). The lowest BCUT2D eigenvalue weighted by molar-refractivity contribution is 0.968. The fourth-order valence-electron chi connectivity index (χ4n) is 7.91. The van der Waals surface area contributed by atoms with Crippen molar-refractivity contribution in [1.82, 2.24) is 9.13 Å². The molecule has 6 aromatic carbocycles. The van der Waals surface area contributed by atoms with Crippen molar-refractivity contribution in [2.75, 3.05) is 0 Å². The Kier molecular flexibility index (Phi) is 5.96. The molecule has 0 spiro atoms. The summed E-state index contributed by atoms with van der Waals surface area (Å²) in [5.41, 5.74) is 11.2. The van der Waals surface area contributed by atoms with Crippen LogP contribution in [0.25, 0.3) is 81.5 Å². The maximum Gasteiger partial charge on any atom is 0.0991 e. The van der Waals surface area contributed by atoms with Gasteiger partial charge < -0.3 is 9.13 Å². The van der Waals surface area contributed by atoms with Crippen molar-refractivity contribution in [2.24, 2.45) is 0 Å². The van der Waals surface area contributed by atoms with E-state index in [-0.39, 0.29) is 0 Å². The molecule has 49 heavy (non-hydrogen) atoms. The molecule has 0 atom stereocenters. The lowest BCUT2D eigenvalue weighted by Crippen LogP contribution is -2.02. The molecular formula is C44H26N4S. The first-order valence-electron chi connectivity index (χ1n) is 16.4. The highest BCUT2D eigenvalue weighted by atomic mass is 32.1. The van der Waals surface area contributed by atoms with Gasteiger partial charge in [0.1, 0.15) is 0 Å². The van der Waals surface area contributed by atoms with Gasteiger partial charge in [-0.05, 0) is 103 Å². The van der Waals surface area contributed by atoms with Gasteiger partial charge in [-0.2, -0.15) is 10.5 Å². The van der Waals surface area contributed by atoms with Crippen molar-refractivity contribution < 1.29 is 0 Å². The van der Waals surface area contributed by atoms with E-state index in [4.69, 9.17) is 0 Å². The van der Waals surface area contributed by atoms with E-state index in [9.17, 15) is 10.5 Å². The molecule has 1 aliphatic carbocycles. The first-order valence-corrected chi connectivity index (χ1v) is 17.3. The van der Waals surface area contributed by atoms with Crippen molar-refractivity contribution in [1.29, 1.82) is 10.5 Å². The second-order valence-corrected chi connectivity index (χ2v) is 13.7. The van der Waals surface area contributed by atoms with E-state index in [0.717, 1.165) is 57.5 Å². The third-order valence-corrected chi connectivity index (χ3v) is 11.2. The molecule has 3 heterocycles. The molecule has 0 radical (unpaired) electrons. The molecule has 0 saturated carbocycles. The SMILES string of the molecule is N#Cc1ccc(-n2c3c(c4cc(C#N)ccc42)CCC=C3)c(-c2ccc3c(c2)c2c4sc5ccccc5c4ccc2n3-c2ccccc2)c1. The summed E-state index contributed by atoms with van der Waals surface area (Å²) in [7, 11) is 0. The van der Waals surface area contributed by atoms with Crippen LogP contribution in [0.3, 0.4) is 0 Å². The molecule has 0 unspecified atom stereocenters. The van der Waals surface area contributed by atoms with Gasteiger partial charge in [0.25, 0.3) is 0 Å². The highest BCUT2D eigenvalue weighted by Gasteiger charge is 2.23. The maximum absolute atomic E-state index is 10.1. The number of allylic oxidation sites excluding steroid dienone is 1. The van der Waals surface area contributed by atoms with Gasteiger partial charge in [0.2, 0.25) is 0 Å². The van der Waals surface area contributed by atoms with Crippen LogP contribution in [-0.4, -0.2) is 9.13 Å². The highest BCUT2D eigenvalue weighted by molar-refractivity contribution is 7.26. The van der Waals surface area contributed by atoms with Crippen molar-refractivity contribution in [3.05, 3.63) is 150 Å². The fraction of sp³-hybridized carbons (Fsp3) is 0.0455. The Morgan fingerprint density at radius 3 is 2.24 bits per heavy atom. The van der Waals surface area contributed by atoms with E-state index in [0.29, 0.717) is 11.1 Å². The summed E-state index contributed by atoms with van der Waals surface area (Å²) in [5.74, 6) is 0. The number of nitrogens with zero attached hydrogens (tertiary/aromatic N) is 4. The number of benzene rings is 6. The first-order chi connectivity index (χ1) is 24.2. The lowest BCUT2D eigenvalue weighted by atomic mass is 9.98. The number of fused-ring (bicyclic) bond motifs is 10. The number of nitriles is 2. The molecule has 0 amide bonds. The Labute approximate surface area is 286 Å². The van der Waals surface area contributed by atoms with Crippen molar-refractivity contribution >= 4 is 70.3 Å². The van der Waals surface area contributed by atoms with E-state index in [2.05, 4.69) is 130 Å². The largest absolute Gasteiger partial charge is 0.309 e. The number of hydrogen-bond acceptors (Lipinski definition) is 3. The lowest BCUT2D eigenvalue weighted by Gasteiger charge is -2.17. The zero-order valence-corrected chi connectivity index (χ0v) is 27.1. The summed E-state index contributed by atoms with van der Waals surface area (Å²) >= 11 is 1.85. The van der Waals surface area contributed by atoms with Crippen LogP contribution in [0, 0.1) is 22.7 Å². The van der Waals surface area contributed by atoms with E-state index < -0.39 is 0 Å². The summed E-state index contributed by atoms with van der Waals surface area (Å²) < 4.78 is 7.26. The van der Waals surface area contributed by atoms with Gasteiger partial charge >= 0.3 is 0 Å². The molecule has 0 bridgehead atoms. The number of thiophene rings is 1. The number of aryl methyl sites for hydroxylation is 1. The first kappa shape index (κ1) is 27.7. The Morgan fingerprint density at radius 2 is 1.37 bits per heavy atom. The van der Waals surface area contributed by atoms with Gasteiger partial charge in [-0.1, -0.05) is 54.6 Å². The van der Waals surface area contributed by atoms with Gasteiger partial charge in [0, 0.05) is 53.3 Å². The molecule has 0 aliphatic heterocycles. The Bertz CT molecular complexity index is 2960. The summed E-state index contributed by atoms with van der Waals surface area (Å²) in [6, 6.07) is 47.3. The molecule has 5 heteroatoms. The van der Waals surface area contributed by atoms with Crippen LogP contribution in [-0.2, 0) is 6.42 Å². The zero-order chi connectivity index (χ0) is 32.6. The maximum atomic E-state index is 10.1. The van der Waals surface area contributed by atoms with Crippen LogP contribution >= 0.6 is 11.3 Å². The number of hydrogen-bond donors (Lipinski definition) is 0. The molecule has 0 saturated heterocycles. The van der Waals surface area contributed by atoms with Crippen LogP contribution in [0.4, 0.5) is 0 Å². The third-order valence-electron chi connectivity index (χ3n) is 10.0. The smallest absolute Gasteiger partial charge is 0.0991 e. The molecule has 9 aromatic rings. The Balaban J connectivity index is 1.30. The minimum atomic E-state index is 0.616. The summed E-state index contributed by atoms with van der Waals surface area (Å²) in [5, 5.41) is 25.9. The topological polar surface area (TPSA) is 57.4 Å². The van der Waals surface area contributed by atoms with Crippen LogP contribution in [0.1, 0.15) is 28.8 Å². The van der Waals surface area contributed by atoms with Gasteiger partial charge in [0.15, 0.2) is 0 Å². The molecule has 3 aromatic heterocycles. The second-order valence-electron chi connectivity index (χ2n) is 12.7. The summed E-state index contributed by atoms with van der Waals surface area (Å²) in [6.07, 6.45) is 6.33. The summed E-state index contributed by atoms with van der Waals surface area (Å²) in [4.78, 5) is 0. The number of para-hydroxylation sites is 1. The van der Waals surface area contributed by atoms with E-state index >= 15 is 0 Å². The fourth-order valence-corrected chi connectivity index (χ4v) is 9.16. The predicted molar refractivity (Wildman–Crippen MR) is 203 cm³/mol. The molecule has 0 fully saturated rings. The highest BCUT2D eigenvalue weighted by Crippen LogP contribution is 2.45. The molecular weight excluding hydrogens is 617 g/mol. The van der Waals surface area contributed by atoms with Gasteiger partial charge in [-0.25, -0.2) is 0 Å². The Morgan fingerprint density at radius 1 is 0.612 bits per heavy atom. The molecule has 0 N–H and O–H groups in total. The predicted octanol–water partition coefficient (Wildman–Crippen LogP) is 11.5. The van der Waals surface area contributed by atoms with Gasteiger partial charge in [-0.3, -0.25) is 0 Å². The van der Waals surface area contributed by atoms with Crippen molar-refractivity contribution in [2.45, 2.75) is 12.8 Å². The summed E-state index contributed by atoms with van der Waals surface area (Å²) in [6.45, 7) is 0. The monoisotopic (exact) mass is 642 g/mol. The molecule has 1 aliphatic rings. The third kappa shape index (κ3) is 4.01. The minimum absolute atomic E-state index is 0.616. The molecule has 4 nitrogen and oxygen atoms in total. The van der Waals surface area contributed by atoms with Crippen molar-refractivity contribution in [3.8, 4) is 34.6 Å². The number of rotatable bonds is 3. The van der Waals surface area contributed by atoms with Crippen LogP contribution < -0.4 is 0 Å². The second kappa shape index (κ2) is 10.6. The average molecular weight is 643 g/mol. The van der Waals surface area contributed by atoms with Crippen LogP contribution in [0.15, 0.2) is 127 Å². The quantitative estimate of drug-likeness (QED) is 0.193. The minimum Gasteiger partial charge on any atom is -0.309 e. The van der Waals surface area contributed by atoms with Gasteiger partial charge in [-0.15, -0.1) is 11.3 Å². The number of aromatic nitrogens is 2. The van der Waals surface area contributed by atoms with Gasteiger partial charge in [0.05, 0.1) is 45.5 Å². The van der Waals surface area contributed by atoms with Crippen molar-refractivity contribution in [3.63, 3.8) is 0 Å². The van der Waals surface area contributed by atoms with E-state index in [1.165, 1.54) is 42.0 Å². The Hall–Kier alpha value is -6.40. The zero-order valence-electron chi connectivity index (χ0n) is 26.3. The van der Waals surface area contributed by atoms with E-state index in [1.807, 2.05) is 35.6 Å². The van der Waals surface area contributed by atoms with E-state index in [1.54, 1.807) is 0 Å². The average Bonchev–Trinajstić information content (AvgIpc) is 3.82. The van der Waals surface area contributed by atoms with Crippen LogP contribution in [0.5, 0.6) is 0 Å². The standard InChI is InChI=1S/C44H26N4S/c45-25-27-14-18-38(48-37-12-6-4-10-31(37)35-23-28(26-46)15-19-39(35)48)34(22-27)29-16-20-40-36(24-29)43-41(47(40)30-8-2-1-3-9-30)21-17-33-32-11-5-7-13-42(32)49-44(33)43/h1-3,5-9,11-24H,4,10H2.